The van der Waals surface area contributed by atoms with Crippen LogP contribution in [0.3, 0.4) is 0 Å². The number of nitrogens with one attached hydrogen (secondary N) is 1. The molecule has 0 aromatic carbocycles. The van der Waals surface area contributed by atoms with Crippen LogP contribution in [0.4, 0.5) is 0 Å². The fraction of sp³-hybridized carbons (Fsp3) is 1.00. The molecular formula is C18H35NO2. The Hall–Kier alpha value is -0.120. The van der Waals surface area contributed by atoms with Crippen molar-refractivity contribution in [2.75, 3.05) is 19.8 Å². The van der Waals surface area contributed by atoms with E-state index in [-0.39, 0.29) is 5.60 Å². The van der Waals surface area contributed by atoms with E-state index in [1.54, 1.807) is 0 Å². The second kappa shape index (κ2) is 7.94. The molecule has 21 heavy (non-hydrogen) atoms. The van der Waals surface area contributed by atoms with Gasteiger partial charge in [0.25, 0.3) is 0 Å². The summed E-state index contributed by atoms with van der Waals surface area (Å²) in [6.45, 7) is 11.9. The molecule has 1 aliphatic heterocycles. The first-order chi connectivity index (χ1) is 10.0. The van der Waals surface area contributed by atoms with Crippen molar-refractivity contribution in [3.8, 4) is 0 Å². The van der Waals surface area contributed by atoms with E-state index in [4.69, 9.17) is 9.47 Å². The number of hydrogen-bond donors (Lipinski definition) is 1. The van der Waals surface area contributed by atoms with E-state index in [2.05, 4.69) is 33.0 Å². The molecule has 1 saturated carbocycles. The predicted octanol–water partition coefficient (Wildman–Crippen LogP) is 3.77. The Morgan fingerprint density at radius 3 is 2.19 bits per heavy atom. The van der Waals surface area contributed by atoms with Crippen LogP contribution in [0.5, 0.6) is 0 Å². The average molecular weight is 297 g/mol. The second-order valence-electron chi connectivity index (χ2n) is 7.73. The molecular weight excluding hydrogens is 262 g/mol. The molecule has 1 heterocycles. The molecule has 0 spiro atoms. The summed E-state index contributed by atoms with van der Waals surface area (Å²) in [5, 5.41) is 3.63. The van der Waals surface area contributed by atoms with Gasteiger partial charge in [0, 0.05) is 25.8 Å². The van der Waals surface area contributed by atoms with Gasteiger partial charge >= 0.3 is 0 Å². The third-order valence-electron chi connectivity index (χ3n) is 5.30. The molecule has 0 amide bonds. The molecule has 2 fully saturated rings. The van der Waals surface area contributed by atoms with Gasteiger partial charge in [0.15, 0.2) is 0 Å². The first-order valence-corrected chi connectivity index (χ1v) is 9.00. The minimum Gasteiger partial charge on any atom is -0.381 e. The van der Waals surface area contributed by atoms with Gasteiger partial charge in [-0.1, -0.05) is 27.7 Å². The van der Waals surface area contributed by atoms with Gasteiger partial charge in [-0.15, -0.1) is 0 Å². The Bertz CT molecular complexity index is 290. The maximum absolute atomic E-state index is 6.66. The zero-order valence-electron chi connectivity index (χ0n) is 14.5. The summed E-state index contributed by atoms with van der Waals surface area (Å²) in [5.74, 6) is 1.69. The Morgan fingerprint density at radius 2 is 1.67 bits per heavy atom. The summed E-state index contributed by atoms with van der Waals surface area (Å²) < 4.78 is 12.1. The van der Waals surface area contributed by atoms with E-state index in [1.807, 2.05) is 0 Å². The van der Waals surface area contributed by atoms with E-state index in [9.17, 15) is 0 Å². The zero-order chi connectivity index (χ0) is 15.3. The van der Waals surface area contributed by atoms with Crippen LogP contribution in [-0.4, -0.2) is 37.5 Å². The number of rotatable bonds is 6. The van der Waals surface area contributed by atoms with Gasteiger partial charge in [0.1, 0.15) is 0 Å². The normalized spacial score (nSPS) is 32.0. The Labute approximate surface area is 131 Å². The lowest BCUT2D eigenvalue weighted by molar-refractivity contribution is -0.145. The molecule has 1 aliphatic carbocycles. The lowest BCUT2D eigenvalue weighted by Crippen LogP contribution is -2.50. The third kappa shape index (κ3) is 5.22. The van der Waals surface area contributed by atoms with Crippen molar-refractivity contribution in [3.05, 3.63) is 0 Å². The van der Waals surface area contributed by atoms with E-state index in [0.29, 0.717) is 12.1 Å². The van der Waals surface area contributed by atoms with Crippen LogP contribution in [0.15, 0.2) is 0 Å². The van der Waals surface area contributed by atoms with Gasteiger partial charge in [0.2, 0.25) is 0 Å². The fourth-order valence-electron chi connectivity index (χ4n) is 3.71. The third-order valence-corrected chi connectivity index (χ3v) is 5.30. The van der Waals surface area contributed by atoms with E-state index >= 15 is 0 Å². The van der Waals surface area contributed by atoms with Crippen LogP contribution in [0.1, 0.15) is 66.2 Å². The first kappa shape index (κ1) is 17.2. The molecule has 3 nitrogen and oxygen atoms in total. The summed E-state index contributed by atoms with van der Waals surface area (Å²) in [6.07, 6.45) is 7.61. The maximum Gasteiger partial charge on any atom is 0.0810 e. The molecule has 0 bridgehead atoms. The van der Waals surface area contributed by atoms with E-state index < -0.39 is 0 Å². The second-order valence-corrected chi connectivity index (χ2v) is 7.73. The van der Waals surface area contributed by atoms with Crippen molar-refractivity contribution in [2.24, 2.45) is 11.8 Å². The topological polar surface area (TPSA) is 30.5 Å². The quantitative estimate of drug-likeness (QED) is 0.809. The van der Waals surface area contributed by atoms with E-state index in [1.165, 1.54) is 25.7 Å². The van der Waals surface area contributed by atoms with Gasteiger partial charge in [0.05, 0.1) is 11.7 Å². The average Bonchev–Trinajstić information content (AvgIpc) is 2.47. The highest BCUT2D eigenvalue weighted by Crippen LogP contribution is 2.39. The lowest BCUT2D eigenvalue weighted by atomic mass is 9.74. The fourth-order valence-corrected chi connectivity index (χ4v) is 3.71. The van der Waals surface area contributed by atoms with Crippen LogP contribution in [0.25, 0.3) is 0 Å². The summed E-state index contributed by atoms with van der Waals surface area (Å²) in [5.41, 5.74) is 0.0671. The van der Waals surface area contributed by atoms with Crippen LogP contribution in [-0.2, 0) is 9.47 Å². The molecule has 3 heteroatoms. The van der Waals surface area contributed by atoms with Crippen molar-refractivity contribution in [1.82, 2.24) is 5.32 Å². The zero-order valence-corrected chi connectivity index (χ0v) is 14.5. The molecule has 1 saturated heterocycles. The largest absolute Gasteiger partial charge is 0.381 e. The lowest BCUT2D eigenvalue weighted by Gasteiger charge is -2.44. The highest BCUT2D eigenvalue weighted by Gasteiger charge is 2.39. The molecule has 0 unspecified atom stereocenters. The van der Waals surface area contributed by atoms with Crippen molar-refractivity contribution in [2.45, 2.75) is 84.0 Å². The van der Waals surface area contributed by atoms with Gasteiger partial charge < -0.3 is 14.8 Å². The first-order valence-electron chi connectivity index (χ1n) is 9.00. The molecule has 2 rings (SSSR count). The molecule has 124 valence electrons. The van der Waals surface area contributed by atoms with Crippen LogP contribution < -0.4 is 5.32 Å². The summed E-state index contributed by atoms with van der Waals surface area (Å²) in [7, 11) is 0. The minimum absolute atomic E-state index is 0.0671. The predicted molar refractivity (Wildman–Crippen MR) is 87.6 cm³/mol. The molecule has 0 aromatic rings. The van der Waals surface area contributed by atoms with Crippen molar-refractivity contribution < 1.29 is 9.47 Å². The summed E-state index contributed by atoms with van der Waals surface area (Å²) >= 11 is 0. The van der Waals surface area contributed by atoms with Crippen molar-refractivity contribution in [1.29, 1.82) is 0 Å². The maximum atomic E-state index is 6.66. The standard InChI is InChI=1S/C18H35NO2/c1-14(2)16-5-9-18(10-6-16,13-19-15(3)4)21-17-7-11-20-12-8-17/h14-17,19H,5-13H2,1-4H3. The molecule has 0 atom stereocenters. The Morgan fingerprint density at radius 1 is 1.05 bits per heavy atom. The Balaban J connectivity index is 1.94. The minimum atomic E-state index is 0.0671. The number of ether oxygens (including phenoxy) is 2. The van der Waals surface area contributed by atoms with E-state index in [0.717, 1.165) is 44.4 Å². The highest BCUT2D eigenvalue weighted by molar-refractivity contribution is 4.91. The van der Waals surface area contributed by atoms with Gasteiger partial charge in [-0.25, -0.2) is 0 Å². The van der Waals surface area contributed by atoms with Gasteiger partial charge in [-0.3, -0.25) is 0 Å². The molecule has 1 N–H and O–H groups in total. The van der Waals surface area contributed by atoms with Crippen LogP contribution in [0.2, 0.25) is 0 Å². The molecule has 0 radical (unpaired) electrons. The smallest absolute Gasteiger partial charge is 0.0810 e. The Kier molecular flexibility index (Phi) is 6.51. The monoisotopic (exact) mass is 297 g/mol. The van der Waals surface area contributed by atoms with Crippen LogP contribution >= 0.6 is 0 Å². The molecule has 2 aliphatic rings. The number of hydrogen-bond acceptors (Lipinski definition) is 3. The van der Waals surface area contributed by atoms with Crippen molar-refractivity contribution in [3.63, 3.8) is 0 Å². The van der Waals surface area contributed by atoms with Gasteiger partial charge in [-0.2, -0.15) is 0 Å². The highest BCUT2D eigenvalue weighted by atomic mass is 16.5. The van der Waals surface area contributed by atoms with Crippen molar-refractivity contribution >= 4 is 0 Å². The summed E-state index contributed by atoms with van der Waals surface area (Å²) in [6, 6.07) is 0.531. The summed E-state index contributed by atoms with van der Waals surface area (Å²) in [4.78, 5) is 0. The SMILES string of the molecule is CC(C)NCC1(OC2CCOCC2)CCC(C(C)C)CC1. The van der Waals surface area contributed by atoms with Crippen LogP contribution in [0, 0.1) is 11.8 Å². The molecule has 0 aromatic heterocycles. The van der Waals surface area contributed by atoms with Gasteiger partial charge in [-0.05, 0) is 50.4 Å².